The Morgan fingerprint density at radius 2 is 2.12 bits per heavy atom. The van der Waals surface area contributed by atoms with E-state index in [4.69, 9.17) is 0 Å². The van der Waals surface area contributed by atoms with Crippen molar-refractivity contribution in [3.05, 3.63) is 36.4 Å². The molecule has 17 heavy (non-hydrogen) atoms. The highest BCUT2D eigenvalue weighted by molar-refractivity contribution is 5.99. The molecule has 1 heterocycles. The molecule has 0 aliphatic carbocycles. The van der Waals surface area contributed by atoms with Crippen molar-refractivity contribution in [2.75, 3.05) is 23.3 Å². The maximum absolute atomic E-state index is 11.4. The molecule has 3 nitrogen and oxygen atoms in total. The van der Waals surface area contributed by atoms with Crippen LogP contribution in [0.4, 0.5) is 11.4 Å². The molecule has 1 aromatic carbocycles. The number of hydrogen-bond donors (Lipinski definition) is 1. The average Bonchev–Trinajstić information content (AvgIpc) is 2.83. The lowest BCUT2D eigenvalue weighted by atomic mass is 10.2. The third-order valence-corrected chi connectivity index (χ3v) is 2.90. The first-order valence-corrected chi connectivity index (χ1v) is 6.08. The van der Waals surface area contributed by atoms with Crippen molar-refractivity contribution in [1.29, 1.82) is 0 Å². The highest BCUT2D eigenvalue weighted by atomic mass is 16.1. The van der Waals surface area contributed by atoms with Crippen molar-refractivity contribution in [3.63, 3.8) is 0 Å². The molecule has 1 amide bonds. The first kappa shape index (κ1) is 11.7. The number of rotatable bonds is 3. The number of anilines is 2. The number of nitrogens with zero attached hydrogens (tertiary/aromatic N) is 1. The molecule has 0 spiro atoms. The van der Waals surface area contributed by atoms with Crippen molar-refractivity contribution >= 4 is 17.3 Å². The van der Waals surface area contributed by atoms with Crippen LogP contribution in [0.5, 0.6) is 0 Å². The van der Waals surface area contributed by atoms with Crippen molar-refractivity contribution in [2.45, 2.75) is 19.8 Å². The smallest absolute Gasteiger partial charge is 0.248 e. The van der Waals surface area contributed by atoms with Gasteiger partial charge in [0.1, 0.15) is 0 Å². The van der Waals surface area contributed by atoms with Crippen LogP contribution in [0.1, 0.15) is 19.8 Å². The molecule has 1 saturated heterocycles. The van der Waals surface area contributed by atoms with E-state index >= 15 is 0 Å². The predicted molar refractivity (Wildman–Crippen MR) is 71.3 cm³/mol. The van der Waals surface area contributed by atoms with Crippen molar-refractivity contribution < 1.29 is 4.79 Å². The SMILES string of the molecule is CC=CC(=O)Nc1cccc(N2CCCC2)c1. The highest BCUT2D eigenvalue weighted by Crippen LogP contribution is 2.23. The fourth-order valence-electron chi connectivity index (χ4n) is 2.09. The number of nitrogens with one attached hydrogen (secondary N) is 1. The van der Waals surface area contributed by atoms with Gasteiger partial charge in [0.15, 0.2) is 0 Å². The standard InChI is InChI=1S/C14H18N2O/c1-2-6-14(17)15-12-7-5-8-13(11-12)16-9-3-4-10-16/h2,5-8,11H,3-4,9-10H2,1H3,(H,15,17). The molecule has 1 aliphatic heterocycles. The first-order valence-electron chi connectivity index (χ1n) is 6.08. The van der Waals surface area contributed by atoms with Gasteiger partial charge in [-0.2, -0.15) is 0 Å². The minimum atomic E-state index is -0.0777. The van der Waals surface area contributed by atoms with Crippen LogP contribution < -0.4 is 10.2 Å². The molecule has 3 heteroatoms. The van der Waals surface area contributed by atoms with Gasteiger partial charge in [-0.25, -0.2) is 0 Å². The molecule has 0 radical (unpaired) electrons. The Kier molecular flexibility index (Phi) is 3.81. The minimum Gasteiger partial charge on any atom is -0.371 e. The maximum Gasteiger partial charge on any atom is 0.248 e. The normalized spacial score (nSPS) is 15.5. The quantitative estimate of drug-likeness (QED) is 0.810. The van der Waals surface area contributed by atoms with Crippen LogP contribution in [0.3, 0.4) is 0 Å². The molecule has 0 aromatic heterocycles. The van der Waals surface area contributed by atoms with Crippen LogP contribution in [0.2, 0.25) is 0 Å². The van der Waals surface area contributed by atoms with E-state index in [9.17, 15) is 4.79 Å². The molecule has 0 atom stereocenters. The summed E-state index contributed by atoms with van der Waals surface area (Å²) in [7, 11) is 0. The third-order valence-electron chi connectivity index (χ3n) is 2.90. The summed E-state index contributed by atoms with van der Waals surface area (Å²) < 4.78 is 0. The van der Waals surface area contributed by atoms with E-state index in [1.807, 2.05) is 25.1 Å². The zero-order valence-electron chi connectivity index (χ0n) is 10.1. The lowest BCUT2D eigenvalue weighted by molar-refractivity contribution is -0.111. The number of carbonyl (C=O) groups excluding carboxylic acids is 1. The van der Waals surface area contributed by atoms with Gasteiger partial charge in [-0.15, -0.1) is 0 Å². The fourth-order valence-corrected chi connectivity index (χ4v) is 2.09. The zero-order valence-corrected chi connectivity index (χ0v) is 10.1. The molecule has 0 unspecified atom stereocenters. The number of hydrogen-bond acceptors (Lipinski definition) is 2. The average molecular weight is 230 g/mol. The largest absolute Gasteiger partial charge is 0.371 e. The fraction of sp³-hybridized carbons (Fsp3) is 0.357. The van der Waals surface area contributed by atoms with Crippen LogP contribution in [0.25, 0.3) is 0 Å². The number of amides is 1. The predicted octanol–water partition coefficient (Wildman–Crippen LogP) is 2.80. The summed E-state index contributed by atoms with van der Waals surface area (Å²) in [5, 5.41) is 2.85. The summed E-state index contributed by atoms with van der Waals surface area (Å²) in [5.74, 6) is -0.0777. The molecule has 1 aromatic rings. The van der Waals surface area contributed by atoms with Gasteiger partial charge < -0.3 is 10.2 Å². The molecular weight excluding hydrogens is 212 g/mol. The van der Waals surface area contributed by atoms with Crippen molar-refractivity contribution in [1.82, 2.24) is 0 Å². The van der Waals surface area contributed by atoms with Gasteiger partial charge in [0.05, 0.1) is 0 Å². The summed E-state index contributed by atoms with van der Waals surface area (Å²) >= 11 is 0. The number of allylic oxidation sites excluding steroid dienone is 1. The second-order valence-electron chi connectivity index (χ2n) is 4.23. The summed E-state index contributed by atoms with van der Waals surface area (Å²) in [6.07, 6.45) is 5.78. The number of carbonyl (C=O) groups is 1. The molecular formula is C14H18N2O. The Hall–Kier alpha value is -1.77. The van der Waals surface area contributed by atoms with Crippen LogP contribution in [0.15, 0.2) is 36.4 Å². The Morgan fingerprint density at radius 3 is 2.82 bits per heavy atom. The van der Waals surface area contributed by atoms with E-state index < -0.39 is 0 Å². The third kappa shape index (κ3) is 3.09. The van der Waals surface area contributed by atoms with Crippen LogP contribution in [-0.4, -0.2) is 19.0 Å². The Bertz CT molecular complexity index is 420. The Morgan fingerprint density at radius 1 is 1.35 bits per heavy atom. The van der Waals surface area contributed by atoms with E-state index in [1.165, 1.54) is 24.6 Å². The molecule has 0 bridgehead atoms. The summed E-state index contributed by atoms with van der Waals surface area (Å²) in [6, 6.07) is 8.03. The van der Waals surface area contributed by atoms with Crippen LogP contribution >= 0.6 is 0 Å². The van der Waals surface area contributed by atoms with E-state index in [2.05, 4.69) is 16.3 Å². The van der Waals surface area contributed by atoms with E-state index in [0.29, 0.717) is 0 Å². The molecule has 2 rings (SSSR count). The second kappa shape index (κ2) is 5.53. The van der Waals surface area contributed by atoms with Gasteiger partial charge >= 0.3 is 0 Å². The van der Waals surface area contributed by atoms with E-state index in [-0.39, 0.29) is 5.91 Å². The van der Waals surface area contributed by atoms with Gasteiger partial charge in [0, 0.05) is 24.5 Å². The lowest BCUT2D eigenvalue weighted by Crippen LogP contribution is -2.17. The molecule has 0 saturated carbocycles. The Balaban J connectivity index is 2.08. The summed E-state index contributed by atoms with van der Waals surface area (Å²) in [6.45, 7) is 4.07. The van der Waals surface area contributed by atoms with Crippen LogP contribution in [-0.2, 0) is 4.79 Å². The van der Waals surface area contributed by atoms with E-state index in [0.717, 1.165) is 18.8 Å². The lowest BCUT2D eigenvalue weighted by Gasteiger charge is -2.18. The topological polar surface area (TPSA) is 32.3 Å². The molecule has 90 valence electrons. The number of benzene rings is 1. The van der Waals surface area contributed by atoms with Crippen molar-refractivity contribution in [3.8, 4) is 0 Å². The monoisotopic (exact) mass is 230 g/mol. The minimum absolute atomic E-state index is 0.0777. The highest BCUT2D eigenvalue weighted by Gasteiger charge is 2.12. The molecule has 1 aliphatic rings. The van der Waals surface area contributed by atoms with Gasteiger partial charge in [-0.1, -0.05) is 12.1 Å². The van der Waals surface area contributed by atoms with Gasteiger partial charge in [-0.3, -0.25) is 4.79 Å². The summed E-state index contributed by atoms with van der Waals surface area (Å²) in [5.41, 5.74) is 2.05. The maximum atomic E-state index is 11.4. The zero-order chi connectivity index (χ0) is 12.1. The van der Waals surface area contributed by atoms with Gasteiger partial charge in [0.25, 0.3) is 0 Å². The Labute approximate surface area is 102 Å². The second-order valence-corrected chi connectivity index (χ2v) is 4.23. The first-order chi connectivity index (χ1) is 8.29. The van der Waals surface area contributed by atoms with Crippen molar-refractivity contribution in [2.24, 2.45) is 0 Å². The molecule has 1 N–H and O–H groups in total. The molecule has 1 fully saturated rings. The van der Waals surface area contributed by atoms with E-state index in [1.54, 1.807) is 6.08 Å². The van der Waals surface area contributed by atoms with Gasteiger partial charge in [-0.05, 0) is 44.0 Å². The van der Waals surface area contributed by atoms with Gasteiger partial charge in [0.2, 0.25) is 5.91 Å². The van der Waals surface area contributed by atoms with Crippen LogP contribution in [0, 0.1) is 0 Å². The summed E-state index contributed by atoms with van der Waals surface area (Å²) in [4.78, 5) is 13.8.